The van der Waals surface area contributed by atoms with Gasteiger partial charge in [0.1, 0.15) is 5.78 Å². The molecule has 0 aromatic carbocycles. The van der Waals surface area contributed by atoms with Gasteiger partial charge in [-0.2, -0.15) is 0 Å². The number of ketones is 1. The van der Waals surface area contributed by atoms with E-state index in [1.54, 1.807) is 0 Å². The van der Waals surface area contributed by atoms with Gasteiger partial charge in [-0.05, 0) is 6.92 Å². The van der Waals surface area contributed by atoms with E-state index in [1.807, 2.05) is 0 Å². The van der Waals surface area contributed by atoms with Crippen LogP contribution in [-0.4, -0.2) is 32.0 Å². The van der Waals surface area contributed by atoms with E-state index in [1.165, 1.54) is 6.92 Å². The Labute approximate surface area is 65.9 Å². The molecule has 0 fully saturated rings. The lowest BCUT2D eigenvalue weighted by Gasteiger charge is -2.00. The van der Waals surface area contributed by atoms with Gasteiger partial charge < -0.3 is 10.1 Å². The van der Waals surface area contributed by atoms with E-state index in [0.717, 1.165) is 0 Å². The van der Waals surface area contributed by atoms with E-state index in [-0.39, 0.29) is 5.78 Å². The molecule has 0 aliphatic heterocycles. The van der Waals surface area contributed by atoms with Crippen LogP contribution in [0.4, 0.5) is 0 Å². The van der Waals surface area contributed by atoms with E-state index in [9.17, 15) is 9.59 Å². The van der Waals surface area contributed by atoms with Gasteiger partial charge in [0, 0.05) is 13.0 Å². The molecule has 0 unspecified atom stereocenters. The summed E-state index contributed by atoms with van der Waals surface area (Å²) in [7, 11) is 0. The highest BCUT2D eigenvalue weighted by Crippen LogP contribution is 1.82. The van der Waals surface area contributed by atoms with Crippen LogP contribution in [0.5, 0.6) is 0 Å². The maximum atomic E-state index is 10.4. The normalized spacial score (nSPS) is 9.18. The minimum atomic E-state index is 0.119. The van der Waals surface area contributed by atoms with Crippen molar-refractivity contribution in [3.05, 3.63) is 0 Å². The number of ether oxygens (including phenoxy) is 1. The maximum Gasteiger partial charge on any atom is 0.207 e. The van der Waals surface area contributed by atoms with Gasteiger partial charge in [-0.25, -0.2) is 0 Å². The van der Waals surface area contributed by atoms with Crippen molar-refractivity contribution in [2.24, 2.45) is 0 Å². The Bertz CT molecular complexity index is 125. The molecule has 0 aromatic rings. The Morgan fingerprint density at radius 2 is 2.27 bits per heavy atom. The molecule has 0 atom stereocenters. The smallest absolute Gasteiger partial charge is 0.207 e. The summed E-state index contributed by atoms with van der Waals surface area (Å²) in [5.41, 5.74) is 0. The standard InChI is InChI=1S/C7H13NO3/c1-7(10)2-4-11-5-3-8-6-9/h6H,2-5H2,1H3,(H,8,9). The van der Waals surface area contributed by atoms with Crippen LogP contribution >= 0.6 is 0 Å². The van der Waals surface area contributed by atoms with Crippen LogP contribution in [0.15, 0.2) is 0 Å². The zero-order valence-corrected chi connectivity index (χ0v) is 6.63. The predicted octanol–water partition coefficient (Wildman–Crippen LogP) is -0.272. The third-order valence-corrected chi connectivity index (χ3v) is 1.07. The molecule has 0 bridgehead atoms. The number of Topliss-reactive ketones (excluding diaryl/α,β-unsaturated/α-hetero) is 1. The molecule has 0 radical (unpaired) electrons. The van der Waals surface area contributed by atoms with E-state index in [0.29, 0.717) is 32.6 Å². The first kappa shape index (κ1) is 10.1. The molecular weight excluding hydrogens is 146 g/mol. The molecule has 0 spiro atoms. The highest BCUT2D eigenvalue weighted by molar-refractivity contribution is 5.75. The Kier molecular flexibility index (Phi) is 6.62. The number of rotatable bonds is 7. The Hall–Kier alpha value is -0.900. The van der Waals surface area contributed by atoms with Crippen molar-refractivity contribution in [3.8, 4) is 0 Å². The Morgan fingerprint density at radius 1 is 1.55 bits per heavy atom. The molecule has 0 saturated heterocycles. The monoisotopic (exact) mass is 159 g/mol. The fourth-order valence-electron chi connectivity index (χ4n) is 0.508. The summed E-state index contributed by atoms with van der Waals surface area (Å²) in [5, 5.41) is 2.45. The van der Waals surface area contributed by atoms with E-state index >= 15 is 0 Å². The van der Waals surface area contributed by atoms with Crippen LogP contribution in [0.1, 0.15) is 13.3 Å². The molecule has 4 heteroatoms. The third kappa shape index (κ3) is 9.10. The number of carbonyl (C=O) groups excluding carboxylic acids is 2. The van der Waals surface area contributed by atoms with Crippen molar-refractivity contribution < 1.29 is 14.3 Å². The molecule has 4 nitrogen and oxygen atoms in total. The lowest BCUT2D eigenvalue weighted by atomic mass is 10.3. The first-order chi connectivity index (χ1) is 5.27. The van der Waals surface area contributed by atoms with E-state index in [2.05, 4.69) is 5.32 Å². The highest BCUT2D eigenvalue weighted by Gasteiger charge is 1.91. The van der Waals surface area contributed by atoms with Crippen molar-refractivity contribution in [2.75, 3.05) is 19.8 Å². The number of hydrogen-bond donors (Lipinski definition) is 1. The van der Waals surface area contributed by atoms with Gasteiger partial charge in [-0.1, -0.05) is 0 Å². The Morgan fingerprint density at radius 3 is 2.82 bits per heavy atom. The van der Waals surface area contributed by atoms with Gasteiger partial charge in [-0.15, -0.1) is 0 Å². The first-order valence-electron chi connectivity index (χ1n) is 3.51. The molecule has 0 aliphatic carbocycles. The molecule has 0 rings (SSSR count). The third-order valence-electron chi connectivity index (χ3n) is 1.07. The number of carbonyl (C=O) groups is 2. The Balaban J connectivity index is 2.90. The second-order valence-corrected chi connectivity index (χ2v) is 2.14. The van der Waals surface area contributed by atoms with Crippen molar-refractivity contribution in [1.82, 2.24) is 5.32 Å². The van der Waals surface area contributed by atoms with Gasteiger partial charge >= 0.3 is 0 Å². The molecule has 64 valence electrons. The zero-order chi connectivity index (χ0) is 8.53. The minimum absolute atomic E-state index is 0.119. The van der Waals surface area contributed by atoms with Crippen LogP contribution in [0.2, 0.25) is 0 Å². The number of nitrogens with one attached hydrogen (secondary N) is 1. The van der Waals surface area contributed by atoms with Gasteiger partial charge in [0.2, 0.25) is 6.41 Å². The predicted molar refractivity (Wildman–Crippen MR) is 40.2 cm³/mol. The SMILES string of the molecule is CC(=O)CCOCCNC=O. The maximum absolute atomic E-state index is 10.4. The van der Waals surface area contributed by atoms with Gasteiger partial charge in [0.25, 0.3) is 0 Å². The van der Waals surface area contributed by atoms with Crippen LogP contribution < -0.4 is 5.32 Å². The van der Waals surface area contributed by atoms with Crippen LogP contribution in [0.3, 0.4) is 0 Å². The molecule has 0 aliphatic rings. The fourth-order valence-corrected chi connectivity index (χ4v) is 0.508. The second-order valence-electron chi connectivity index (χ2n) is 2.14. The quantitative estimate of drug-likeness (QED) is 0.411. The summed E-state index contributed by atoms with van der Waals surface area (Å²) in [6, 6.07) is 0. The average Bonchev–Trinajstić information content (AvgIpc) is 1.96. The summed E-state index contributed by atoms with van der Waals surface area (Å²) in [5.74, 6) is 0.119. The average molecular weight is 159 g/mol. The van der Waals surface area contributed by atoms with Gasteiger partial charge in [0.15, 0.2) is 0 Å². The van der Waals surface area contributed by atoms with Crippen LogP contribution in [0, 0.1) is 0 Å². The van der Waals surface area contributed by atoms with Gasteiger partial charge in [0.05, 0.1) is 13.2 Å². The van der Waals surface area contributed by atoms with Crippen LogP contribution in [-0.2, 0) is 14.3 Å². The summed E-state index contributed by atoms with van der Waals surface area (Å²) >= 11 is 0. The molecule has 0 saturated carbocycles. The van der Waals surface area contributed by atoms with Gasteiger partial charge in [-0.3, -0.25) is 9.59 Å². The van der Waals surface area contributed by atoms with Crippen molar-refractivity contribution >= 4 is 12.2 Å². The molecule has 11 heavy (non-hydrogen) atoms. The molecular formula is C7H13NO3. The number of amides is 1. The molecule has 0 heterocycles. The zero-order valence-electron chi connectivity index (χ0n) is 6.63. The fraction of sp³-hybridized carbons (Fsp3) is 0.714. The van der Waals surface area contributed by atoms with E-state index < -0.39 is 0 Å². The topological polar surface area (TPSA) is 55.4 Å². The molecule has 1 N–H and O–H groups in total. The highest BCUT2D eigenvalue weighted by atomic mass is 16.5. The van der Waals surface area contributed by atoms with Crippen molar-refractivity contribution in [2.45, 2.75) is 13.3 Å². The molecule has 1 amide bonds. The van der Waals surface area contributed by atoms with Crippen molar-refractivity contribution in [1.29, 1.82) is 0 Å². The first-order valence-corrected chi connectivity index (χ1v) is 3.51. The van der Waals surface area contributed by atoms with Crippen LogP contribution in [0.25, 0.3) is 0 Å². The second kappa shape index (κ2) is 7.21. The summed E-state index contributed by atoms with van der Waals surface area (Å²) in [6.07, 6.45) is 1.06. The summed E-state index contributed by atoms with van der Waals surface area (Å²) in [4.78, 5) is 20.1. The van der Waals surface area contributed by atoms with Crippen molar-refractivity contribution in [3.63, 3.8) is 0 Å². The largest absolute Gasteiger partial charge is 0.379 e. The minimum Gasteiger partial charge on any atom is -0.379 e. The summed E-state index contributed by atoms with van der Waals surface area (Å²) in [6.45, 7) is 2.93. The lowest BCUT2D eigenvalue weighted by molar-refractivity contribution is -0.118. The van der Waals surface area contributed by atoms with E-state index in [4.69, 9.17) is 4.74 Å². The summed E-state index contributed by atoms with van der Waals surface area (Å²) < 4.78 is 5.00. The lowest BCUT2D eigenvalue weighted by Crippen LogP contribution is -2.18. The molecule has 0 aromatic heterocycles. The number of hydrogen-bond acceptors (Lipinski definition) is 3.